The first-order valence-corrected chi connectivity index (χ1v) is 8.48. The SMILES string of the molecule is O=C(Nc1ccc(Cl)c(N2CCCS2(=O)=O)c1)c1ccno1. The number of benzene rings is 1. The van der Waals surface area contributed by atoms with Crippen molar-refractivity contribution in [1.29, 1.82) is 0 Å². The second kappa shape index (κ2) is 5.62. The zero-order valence-electron chi connectivity index (χ0n) is 11.3. The first-order valence-electron chi connectivity index (χ1n) is 6.49. The number of rotatable bonds is 3. The number of sulfonamides is 1. The monoisotopic (exact) mass is 341 g/mol. The predicted octanol–water partition coefficient (Wildman–Crippen LogP) is 2.12. The van der Waals surface area contributed by atoms with Crippen molar-refractivity contribution in [3.63, 3.8) is 0 Å². The lowest BCUT2D eigenvalue weighted by Crippen LogP contribution is -2.25. The zero-order valence-corrected chi connectivity index (χ0v) is 12.9. The van der Waals surface area contributed by atoms with Crippen molar-refractivity contribution in [3.8, 4) is 0 Å². The molecule has 9 heteroatoms. The van der Waals surface area contributed by atoms with E-state index in [-0.39, 0.29) is 11.5 Å². The van der Waals surface area contributed by atoms with Crippen LogP contribution in [0.1, 0.15) is 17.0 Å². The molecular weight excluding hydrogens is 330 g/mol. The lowest BCUT2D eigenvalue weighted by molar-refractivity contribution is 0.0988. The van der Waals surface area contributed by atoms with E-state index in [1.54, 1.807) is 12.1 Å². The summed E-state index contributed by atoms with van der Waals surface area (Å²) in [7, 11) is -3.34. The maximum absolute atomic E-state index is 12.0. The van der Waals surface area contributed by atoms with Crippen molar-refractivity contribution >= 4 is 38.9 Å². The first kappa shape index (κ1) is 14.9. The van der Waals surface area contributed by atoms with Gasteiger partial charge in [0.15, 0.2) is 0 Å². The molecule has 0 aliphatic carbocycles. The molecule has 1 N–H and O–H groups in total. The Kier molecular flexibility index (Phi) is 3.79. The lowest BCUT2D eigenvalue weighted by atomic mass is 10.2. The van der Waals surface area contributed by atoms with Gasteiger partial charge in [-0.2, -0.15) is 0 Å². The van der Waals surface area contributed by atoms with E-state index in [0.29, 0.717) is 29.4 Å². The van der Waals surface area contributed by atoms with Crippen LogP contribution in [-0.2, 0) is 10.0 Å². The third-order valence-electron chi connectivity index (χ3n) is 3.23. The maximum Gasteiger partial charge on any atom is 0.294 e. The quantitative estimate of drug-likeness (QED) is 0.923. The van der Waals surface area contributed by atoms with Crippen LogP contribution in [0.15, 0.2) is 35.0 Å². The van der Waals surface area contributed by atoms with Crippen LogP contribution in [0.25, 0.3) is 0 Å². The minimum Gasteiger partial charge on any atom is -0.351 e. The number of amides is 1. The van der Waals surface area contributed by atoms with E-state index in [1.165, 1.54) is 22.6 Å². The Morgan fingerprint density at radius 2 is 2.18 bits per heavy atom. The van der Waals surface area contributed by atoms with E-state index >= 15 is 0 Å². The number of hydrogen-bond acceptors (Lipinski definition) is 5. The van der Waals surface area contributed by atoms with Gasteiger partial charge in [-0.3, -0.25) is 9.10 Å². The third-order valence-corrected chi connectivity index (χ3v) is 5.41. The highest BCUT2D eigenvalue weighted by atomic mass is 35.5. The molecule has 7 nitrogen and oxygen atoms in total. The maximum atomic E-state index is 12.0. The summed E-state index contributed by atoms with van der Waals surface area (Å²) in [5, 5.41) is 6.37. The Bertz CT molecular complexity index is 805. The highest BCUT2D eigenvalue weighted by Gasteiger charge is 2.30. The average molecular weight is 342 g/mol. The molecular formula is C13H12ClN3O4S. The van der Waals surface area contributed by atoms with E-state index in [1.807, 2.05) is 0 Å². The molecule has 0 unspecified atom stereocenters. The minimum absolute atomic E-state index is 0.0605. The molecule has 1 aliphatic rings. The molecule has 0 bridgehead atoms. The molecule has 1 amide bonds. The third kappa shape index (κ3) is 2.79. The van der Waals surface area contributed by atoms with Gasteiger partial charge in [0.05, 0.1) is 22.7 Å². The standard InChI is InChI=1S/C13H12ClN3O4S/c14-10-3-2-9(16-13(18)12-4-5-15-21-12)8-11(10)17-6-1-7-22(17,19)20/h2-5,8H,1,6-7H2,(H,16,18). The van der Waals surface area contributed by atoms with Crippen LogP contribution >= 0.6 is 11.6 Å². The van der Waals surface area contributed by atoms with Crippen molar-refractivity contribution < 1.29 is 17.7 Å². The number of carbonyl (C=O) groups is 1. The highest BCUT2D eigenvalue weighted by Crippen LogP contribution is 2.33. The second-order valence-electron chi connectivity index (χ2n) is 4.74. The number of halogens is 1. The topological polar surface area (TPSA) is 92.5 Å². The highest BCUT2D eigenvalue weighted by molar-refractivity contribution is 7.93. The normalized spacial score (nSPS) is 16.7. The van der Waals surface area contributed by atoms with Crippen LogP contribution in [0, 0.1) is 0 Å². The fourth-order valence-electron chi connectivity index (χ4n) is 2.22. The first-order chi connectivity index (χ1) is 10.5. The van der Waals surface area contributed by atoms with Crippen molar-refractivity contribution in [2.24, 2.45) is 0 Å². The number of nitrogens with zero attached hydrogens (tertiary/aromatic N) is 2. The summed E-state index contributed by atoms with van der Waals surface area (Å²) in [4.78, 5) is 11.9. The van der Waals surface area contributed by atoms with Gasteiger partial charge >= 0.3 is 0 Å². The average Bonchev–Trinajstić information content (AvgIpc) is 3.10. The molecule has 0 saturated carbocycles. The molecule has 3 rings (SSSR count). The predicted molar refractivity (Wildman–Crippen MR) is 81.7 cm³/mol. The van der Waals surface area contributed by atoms with Crippen molar-refractivity contribution in [3.05, 3.63) is 41.2 Å². The van der Waals surface area contributed by atoms with Gasteiger partial charge in [0, 0.05) is 18.3 Å². The number of aromatic nitrogens is 1. The van der Waals surface area contributed by atoms with E-state index in [0.717, 1.165) is 0 Å². The van der Waals surface area contributed by atoms with Gasteiger partial charge in [-0.25, -0.2) is 8.42 Å². The molecule has 1 aliphatic heterocycles. The van der Waals surface area contributed by atoms with Crippen molar-refractivity contribution in [1.82, 2.24) is 5.16 Å². The summed E-state index contributed by atoms with van der Waals surface area (Å²) >= 11 is 6.09. The number of carbonyl (C=O) groups excluding carboxylic acids is 1. The molecule has 0 radical (unpaired) electrons. The summed E-state index contributed by atoms with van der Waals surface area (Å²) in [5.74, 6) is -0.321. The Morgan fingerprint density at radius 3 is 2.82 bits per heavy atom. The molecule has 22 heavy (non-hydrogen) atoms. The Balaban J connectivity index is 1.89. The van der Waals surface area contributed by atoms with Gasteiger partial charge in [0.1, 0.15) is 0 Å². The Morgan fingerprint density at radius 1 is 1.36 bits per heavy atom. The van der Waals surface area contributed by atoms with Crippen LogP contribution in [0.5, 0.6) is 0 Å². The number of anilines is 2. The van der Waals surface area contributed by atoms with E-state index in [9.17, 15) is 13.2 Å². The van der Waals surface area contributed by atoms with Crippen LogP contribution < -0.4 is 9.62 Å². The van der Waals surface area contributed by atoms with Crippen LogP contribution in [0.3, 0.4) is 0 Å². The van der Waals surface area contributed by atoms with Gasteiger partial charge in [0.2, 0.25) is 15.8 Å². The molecule has 1 fully saturated rings. The molecule has 1 aromatic heterocycles. The summed E-state index contributed by atoms with van der Waals surface area (Å²) in [6, 6.07) is 6.08. The lowest BCUT2D eigenvalue weighted by Gasteiger charge is -2.19. The molecule has 2 heterocycles. The Labute approximate surface area is 131 Å². The smallest absolute Gasteiger partial charge is 0.294 e. The van der Waals surface area contributed by atoms with E-state index in [2.05, 4.69) is 10.5 Å². The van der Waals surface area contributed by atoms with Crippen LogP contribution in [0.4, 0.5) is 11.4 Å². The van der Waals surface area contributed by atoms with Crippen molar-refractivity contribution in [2.45, 2.75) is 6.42 Å². The van der Waals surface area contributed by atoms with Gasteiger partial charge < -0.3 is 9.84 Å². The van der Waals surface area contributed by atoms with Gasteiger partial charge in [-0.15, -0.1) is 0 Å². The van der Waals surface area contributed by atoms with E-state index in [4.69, 9.17) is 16.1 Å². The summed E-state index contributed by atoms with van der Waals surface area (Å²) in [5.41, 5.74) is 0.775. The molecule has 0 spiro atoms. The Hall–Kier alpha value is -2.06. The largest absolute Gasteiger partial charge is 0.351 e. The van der Waals surface area contributed by atoms with E-state index < -0.39 is 15.9 Å². The molecule has 116 valence electrons. The number of hydrogen-bond donors (Lipinski definition) is 1. The van der Waals surface area contributed by atoms with Crippen LogP contribution in [0.2, 0.25) is 5.02 Å². The summed E-state index contributed by atoms with van der Waals surface area (Å²) in [6.07, 6.45) is 1.91. The zero-order chi connectivity index (χ0) is 15.7. The molecule has 2 aromatic rings. The summed E-state index contributed by atoms with van der Waals surface area (Å²) in [6.45, 7) is 0.377. The van der Waals surface area contributed by atoms with Gasteiger partial charge in [-0.05, 0) is 24.6 Å². The van der Waals surface area contributed by atoms with Crippen molar-refractivity contribution in [2.75, 3.05) is 21.9 Å². The fraction of sp³-hybridized carbons (Fsp3) is 0.231. The second-order valence-corrected chi connectivity index (χ2v) is 7.16. The summed E-state index contributed by atoms with van der Waals surface area (Å²) < 4.78 is 30.0. The minimum atomic E-state index is -3.34. The van der Waals surface area contributed by atoms with Crippen LogP contribution in [-0.4, -0.2) is 31.8 Å². The fourth-order valence-corrected chi connectivity index (χ4v) is 4.06. The molecule has 1 aromatic carbocycles. The number of nitrogens with one attached hydrogen (secondary N) is 1. The van der Waals surface area contributed by atoms with Gasteiger partial charge in [-0.1, -0.05) is 16.8 Å². The van der Waals surface area contributed by atoms with Gasteiger partial charge in [0.25, 0.3) is 5.91 Å². The molecule has 1 saturated heterocycles. The molecule has 0 atom stereocenters.